The molecule has 326 valence electrons. The monoisotopic (exact) mass is 979 g/mol. The number of carbonyl (C=O) groups is 1. The number of fused-ring (bicyclic) bond motifs is 1. The average Bonchev–Trinajstić information content (AvgIpc) is 4.15. The van der Waals surface area contributed by atoms with E-state index in [1.165, 1.54) is 39.1 Å². The van der Waals surface area contributed by atoms with Crippen LogP contribution in [0.15, 0.2) is 150 Å². The van der Waals surface area contributed by atoms with Crippen LogP contribution in [0.5, 0.6) is 0 Å². The molecule has 0 aliphatic heterocycles. The molecule has 0 aliphatic rings. The second-order valence-corrected chi connectivity index (χ2v) is 19.7. The van der Waals surface area contributed by atoms with Gasteiger partial charge in [-0.2, -0.15) is 0 Å². The fraction of sp³-hybridized carbons (Fsp3) is 0.104. The highest BCUT2D eigenvalue weighted by Crippen LogP contribution is 2.37. The van der Waals surface area contributed by atoms with Crippen LogP contribution in [-0.2, 0) is 23.4 Å². The Morgan fingerprint density at radius 1 is 0.652 bits per heavy atom. The molecule has 6 heterocycles. The van der Waals surface area contributed by atoms with Crippen LogP contribution in [0.4, 0.5) is 5.13 Å². The number of thiazole rings is 2. The van der Waals surface area contributed by atoms with Gasteiger partial charge in [-0.15, -0.1) is 31.7 Å². The van der Waals surface area contributed by atoms with Gasteiger partial charge in [-0.05, 0) is 86.0 Å². The largest absolute Gasteiger partial charge is 0.301 e. The zero-order valence-corrected chi connectivity index (χ0v) is 39.7. The van der Waals surface area contributed by atoms with Gasteiger partial charge in [0.15, 0.2) is 27.1 Å². The minimum Gasteiger partial charge on any atom is -0.301 e. The smallest absolute Gasteiger partial charge is 0.236 e. The number of rotatable bonds is 15. The van der Waals surface area contributed by atoms with Crippen molar-refractivity contribution in [3.8, 4) is 45.4 Å². The molecular formula is C48H35Cl2N11OS4. The second kappa shape index (κ2) is 19.7. The van der Waals surface area contributed by atoms with Crippen LogP contribution in [0.3, 0.4) is 0 Å². The van der Waals surface area contributed by atoms with Crippen molar-refractivity contribution in [3.05, 3.63) is 171 Å². The first-order valence-electron chi connectivity index (χ1n) is 20.6. The van der Waals surface area contributed by atoms with E-state index in [9.17, 15) is 4.79 Å². The third-order valence-electron chi connectivity index (χ3n) is 10.4. The normalized spacial score (nSPS) is 11.4. The molecule has 1 N–H and O–H groups in total. The number of hydrogen-bond acceptors (Lipinski definition) is 13. The number of hydrogen-bond donors (Lipinski definition) is 1. The molecule has 18 heteroatoms. The third kappa shape index (κ3) is 9.52. The molecule has 0 aliphatic carbocycles. The number of carbonyl (C=O) groups excluding carboxylic acids is 1. The van der Waals surface area contributed by atoms with Crippen LogP contribution in [0.2, 0.25) is 10.0 Å². The van der Waals surface area contributed by atoms with E-state index in [0.29, 0.717) is 48.6 Å². The number of thioether (sulfide) groups is 2. The van der Waals surface area contributed by atoms with Crippen LogP contribution < -0.4 is 5.32 Å². The molecule has 10 rings (SSSR count). The van der Waals surface area contributed by atoms with E-state index in [0.717, 1.165) is 56.1 Å². The first kappa shape index (κ1) is 43.6. The van der Waals surface area contributed by atoms with E-state index in [4.69, 9.17) is 33.2 Å². The molecule has 12 nitrogen and oxygen atoms in total. The quantitative estimate of drug-likeness (QED) is 0.0981. The predicted octanol–water partition coefficient (Wildman–Crippen LogP) is 12.1. The third-order valence-corrected chi connectivity index (χ3v) is 15.1. The number of nitrogens with one attached hydrogen (secondary N) is 1. The molecule has 0 saturated carbocycles. The minimum atomic E-state index is -0.209. The lowest BCUT2D eigenvalue weighted by Gasteiger charge is -2.11. The van der Waals surface area contributed by atoms with Crippen molar-refractivity contribution < 1.29 is 4.79 Å². The Morgan fingerprint density at radius 3 is 1.88 bits per heavy atom. The van der Waals surface area contributed by atoms with Gasteiger partial charge in [-0.3, -0.25) is 23.9 Å². The molecule has 0 unspecified atom stereocenters. The van der Waals surface area contributed by atoms with Gasteiger partial charge in [-0.1, -0.05) is 118 Å². The molecule has 10 aromatic rings. The Bertz CT molecular complexity index is 3320. The highest BCUT2D eigenvalue weighted by atomic mass is 35.5. The maximum atomic E-state index is 13.4. The van der Waals surface area contributed by atoms with Crippen LogP contribution in [0, 0.1) is 6.92 Å². The summed E-state index contributed by atoms with van der Waals surface area (Å²) >= 11 is 19.4. The van der Waals surface area contributed by atoms with Gasteiger partial charge in [0.25, 0.3) is 0 Å². The maximum Gasteiger partial charge on any atom is 0.236 e. The summed E-state index contributed by atoms with van der Waals surface area (Å²) in [5.74, 6) is 1.76. The fourth-order valence-electron chi connectivity index (χ4n) is 7.22. The molecule has 0 spiro atoms. The summed E-state index contributed by atoms with van der Waals surface area (Å²) in [5.41, 5.74) is 8.47. The second-order valence-electron chi connectivity index (χ2n) is 14.8. The highest BCUT2D eigenvalue weighted by molar-refractivity contribution is 7.99. The number of para-hydroxylation sites is 2. The number of aryl methyl sites for hydroxylation is 3. The summed E-state index contributed by atoms with van der Waals surface area (Å²) in [4.78, 5) is 32.8. The summed E-state index contributed by atoms with van der Waals surface area (Å²) in [7, 11) is 0. The Balaban J connectivity index is 0.839. The number of amides is 1. The molecule has 0 radical (unpaired) electrons. The van der Waals surface area contributed by atoms with Gasteiger partial charge in [0.1, 0.15) is 5.01 Å². The van der Waals surface area contributed by atoms with Crippen molar-refractivity contribution in [2.75, 3.05) is 11.1 Å². The first-order valence-corrected chi connectivity index (χ1v) is 24.9. The average molecular weight is 981 g/mol. The molecule has 0 fully saturated rings. The van der Waals surface area contributed by atoms with E-state index in [-0.39, 0.29) is 11.7 Å². The molecule has 0 bridgehead atoms. The Morgan fingerprint density at radius 2 is 1.26 bits per heavy atom. The van der Waals surface area contributed by atoms with E-state index in [1.807, 2.05) is 88.0 Å². The van der Waals surface area contributed by atoms with Crippen LogP contribution in [-0.4, -0.2) is 61.1 Å². The summed E-state index contributed by atoms with van der Waals surface area (Å²) in [6, 6.07) is 37.5. The van der Waals surface area contributed by atoms with Gasteiger partial charge >= 0.3 is 0 Å². The number of benzene rings is 4. The Kier molecular flexibility index (Phi) is 13.0. The van der Waals surface area contributed by atoms with Crippen molar-refractivity contribution in [2.24, 2.45) is 0 Å². The van der Waals surface area contributed by atoms with E-state index < -0.39 is 0 Å². The summed E-state index contributed by atoms with van der Waals surface area (Å²) in [6.45, 7) is 2.09. The van der Waals surface area contributed by atoms with E-state index >= 15 is 0 Å². The molecule has 1 amide bonds. The van der Waals surface area contributed by atoms with Crippen LogP contribution in [0.25, 0.3) is 55.6 Å². The number of pyridine rings is 2. The maximum absolute atomic E-state index is 13.4. The van der Waals surface area contributed by atoms with Crippen molar-refractivity contribution in [2.45, 2.75) is 35.8 Å². The lowest BCUT2D eigenvalue weighted by Crippen LogP contribution is -2.14. The topological polar surface area (TPSA) is 142 Å². The van der Waals surface area contributed by atoms with E-state index in [1.54, 1.807) is 47.9 Å². The summed E-state index contributed by atoms with van der Waals surface area (Å²) < 4.78 is 4.85. The van der Waals surface area contributed by atoms with Gasteiger partial charge < -0.3 is 5.32 Å². The minimum absolute atomic E-state index is 0.0902. The number of nitrogens with zero attached hydrogens (tertiary/aromatic N) is 10. The lowest BCUT2D eigenvalue weighted by molar-refractivity contribution is -0.113. The Labute approximate surface area is 405 Å². The predicted molar refractivity (Wildman–Crippen MR) is 267 cm³/mol. The SMILES string of the molecule is Cc1ccc(-c2nc(CSc3nnc(-c4ccncc4)n3-c3ccccc3Cl)sc2CCc2ccc3nc(NC(=O)CSc4nnc(-c5ccncc5)n4-c4ccccc4Cl)sc3c2)cc1. The Hall–Kier alpha value is -6.27. The van der Waals surface area contributed by atoms with Crippen LogP contribution >= 0.6 is 69.4 Å². The lowest BCUT2D eigenvalue weighted by atomic mass is 10.0. The van der Waals surface area contributed by atoms with Crippen molar-refractivity contribution >= 4 is 90.7 Å². The molecule has 0 atom stereocenters. The zero-order chi connectivity index (χ0) is 45.0. The standard InChI is InChI=1S/C48H35Cl2N11OS4/c1-29-10-14-31(15-11-29)43-39(65-42(55-43)28-64-48-59-57-45(33-20-24-52-25-21-33)61(48)38-9-5-3-7-35(38)50)17-13-30-12-16-36-40(26-30)66-46(53-36)54-41(62)27-63-47-58-56-44(32-18-22-51-23-19-32)60(47)37-8-4-2-6-34(37)49/h2-12,14-16,18-26H,13,17,27-28H2,1H3,(H,53,54,62). The van der Waals surface area contributed by atoms with E-state index in [2.05, 4.69) is 79.0 Å². The number of aromatic nitrogens is 10. The summed E-state index contributed by atoms with van der Waals surface area (Å²) in [5, 5.41) is 25.0. The van der Waals surface area contributed by atoms with Gasteiger partial charge in [0.2, 0.25) is 5.91 Å². The van der Waals surface area contributed by atoms with Crippen molar-refractivity contribution in [1.29, 1.82) is 0 Å². The molecule has 0 saturated heterocycles. The molecule has 6 aromatic heterocycles. The molecular weight excluding hydrogens is 946 g/mol. The number of halogens is 2. The molecule has 4 aromatic carbocycles. The van der Waals surface area contributed by atoms with Gasteiger partial charge in [0.05, 0.1) is 48.8 Å². The van der Waals surface area contributed by atoms with Gasteiger partial charge in [0, 0.05) is 46.4 Å². The summed E-state index contributed by atoms with van der Waals surface area (Å²) in [6.07, 6.45) is 8.47. The number of anilines is 1. The zero-order valence-electron chi connectivity index (χ0n) is 34.9. The molecule has 66 heavy (non-hydrogen) atoms. The van der Waals surface area contributed by atoms with Crippen molar-refractivity contribution in [1.82, 2.24) is 49.5 Å². The fourth-order valence-corrected chi connectivity index (χ4v) is 11.4. The first-order chi connectivity index (χ1) is 32.3. The highest BCUT2D eigenvalue weighted by Gasteiger charge is 2.22. The van der Waals surface area contributed by atoms with Crippen molar-refractivity contribution in [3.63, 3.8) is 0 Å². The van der Waals surface area contributed by atoms with Crippen LogP contribution in [0.1, 0.15) is 21.0 Å². The van der Waals surface area contributed by atoms with Gasteiger partial charge in [-0.25, -0.2) is 9.97 Å².